The number of hydrogen-bond donors (Lipinski definition) is 2. The highest BCUT2D eigenvalue weighted by atomic mass is 16.3. The van der Waals surface area contributed by atoms with Crippen LogP contribution in [0.25, 0.3) is 11.1 Å². The van der Waals surface area contributed by atoms with E-state index in [1.165, 1.54) is 0 Å². The molecule has 0 spiro atoms. The molecule has 156 valence electrons. The van der Waals surface area contributed by atoms with Crippen molar-refractivity contribution in [3.63, 3.8) is 0 Å². The van der Waals surface area contributed by atoms with Crippen LogP contribution in [0, 0.1) is 6.92 Å². The van der Waals surface area contributed by atoms with Crippen molar-refractivity contribution in [1.82, 2.24) is 9.88 Å². The number of hydrogen-bond acceptors (Lipinski definition) is 2. The molecular formula is C24H34N3O2+. The van der Waals surface area contributed by atoms with Crippen LogP contribution in [0.1, 0.15) is 55.4 Å². The monoisotopic (exact) mass is 396 g/mol. The molecule has 5 nitrogen and oxygen atoms in total. The average Bonchev–Trinajstić information content (AvgIpc) is 3.23. The second-order valence-corrected chi connectivity index (χ2v) is 7.93. The van der Waals surface area contributed by atoms with Gasteiger partial charge in [-0.2, -0.15) is 0 Å². The van der Waals surface area contributed by atoms with Gasteiger partial charge in [0.2, 0.25) is 0 Å². The maximum absolute atomic E-state index is 13.0. The van der Waals surface area contributed by atoms with E-state index in [2.05, 4.69) is 42.8 Å². The smallest absolute Gasteiger partial charge is 0.268 e. The Morgan fingerprint density at radius 1 is 1.17 bits per heavy atom. The molecule has 2 heterocycles. The van der Waals surface area contributed by atoms with Crippen LogP contribution in [0.15, 0.2) is 46.9 Å². The summed E-state index contributed by atoms with van der Waals surface area (Å²) in [5, 5.41) is 3.19. The quantitative estimate of drug-likeness (QED) is 0.552. The topological polar surface area (TPSA) is 51.6 Å². The molecule has 0 saturated heterocycles. The number of rotatable bonds is 10. The van der Waals surface area contributed by atoms with Gasteiger partial charge in [-0.25, -0.2) is 0 Å². The molecule has 0 aliphatic carbocycles. The highest BCUT2D eigenvalue weighted by Gasteiger charge is 2.20. The number of nitrogens with zero attached hydrogens (tertiary/aromatic N) is 1. The van der Waals surface area contributed by atoms with E-state index in [0.717, 1.165) is 54.9 Å². The Balaban J connectivity index is 1.72. The number of aromatic nitrogens is 1. The zero-order chi connectivity index (χ0) is 20.8. The predicted molar refractivity (Wildman–Crippen MR) is 118 cm³/mol. The third-order valence-electron chi connectivity index (χ3n) is 5.67. The third kappa shape index (κ3) is 5.30. The first kappa shape index (κ1) is 21.2. The first-order valence-corrected chi connectivity index (χ1v) is 10.8. The maximum Gasteiger partial charge on any atom is 0.268 e. The number of quaternary nitrogens is 1. The van der Waals surface area contributed by atoms with Gasteiger partial charge in [-0.3, -0.25) is 4.79 Å². The fourth-order valence-electron chi connectivity index (χ4n) is 3.92. The number of benzene rings is 1. The van der Waals surface area contributed by atoms with E-state index < -0.39 is 0 Å². The van der Waals surface area contributed by atoms with Crippen LogP contribution in [0.2, 0.25) is 0 Å². The van der Waals surface area contributed by atoms with Crippen molar-refractivity contribution in [2.24, 2.45) is 0 Å². The largest absolute Gasteiger partial charge is 0.460 e. The van der Waals surface area contributed by atoms with Crippen molar-refractivity contribution in [2.45, 2.75) is 53.1 Å². The molecule has 0 aliphatic heterocycles. The van der Waals surface area contributed by atoms with Gasteiger partial charge in [0.1, 0.15) is 11.5 Å². The lowest BCUT2D eigenvalue weighted by molar-refractivity contribution is -0.896. The van der Waals surface area contributed by atoms with Crippen molar-refractivity contribution in [3.05, 3.63) is 59.5 Å². The lowest BCUT2D eigenvalue weighted by Crippen LogP contribution is -3.11. The molecule has 0 unspecified atom stereocenters. The Kier molecular flexibility index (Phi) is 7.15. The Bertz CT molecular complexity index is 922. The van der Waals surface area contributed by atoms with E-state index in [0.29, 0.717) is 12.2 Å². The zero-order valence-corrected chi connectivity index (χ0v) is 18.1. The summed E-state index contributed by atoms with van der Waals surface area (Å²) in [6, 6.07) is 14.2. The Labute approximate surface area is 173 Å². The summed E-state index contributed by atoms with van der Waals surface area (Å²) in [5.74, 6) is 0.823. The Morgan fingerprint density at radius 2 is 1.90 bits per heavy atom. The SMILES string of the molecule is CC[NH+](CC)CCC[C@@H](C)NC(=O)c1cc2oc(C)cc2n1Cc1ccccc1. The molecule has 0 aliphatic rings. The lowest BCUT2D eigenvalue weighted by atomic mass is 10.1. The number of nitrogens with one attached hydrogen (secondary N) is 2. The molecule has 5 heteroatoms. The van der Waals surface area contributed by atoms with Crippen molar-refractivity contribution < 1.29 is 14.1 Å². The number of carbonyl (C=O) groups is 1. The summed E-state index contributed by atoms with van der Waals surface area (Å²) < 4.78 is 7.85. The number of amides is 1. The molecule has 29 heavy (non-hydrogen) atoms. The first-order valence-electron chi connectivity index (χ1n) is 10.8. The van der Waals surface area contributed by atoms with Crippen LogP contribution in [-0.4, -0.2) is 36.2 Å². The molecule has 2 aromatic heterocycles. The van der Waals surface area contributed by atoms with Gasteiger partial charge in [-0.1, -0.05) is 30.3 Å². The van der Waals surface area contributed by atoms with Gasteiger partial charge in [-0.05, 0) is 46.1 Å². The van der Waals surface area contributed by atoms with Gasteiger partial charge in [0.25, 0.3) is 5.91 Å². The molecule has 3 rings (SSSR count). The number of carbonyl (C=O) groups excluding carboxylic acids is 1. The fourth-order valence-corrected chi connectivity index (χ4v) is 3.92. The summed E-state index contributed by atoms with van der Waals surface area (Å²) in [5.41, 5.74) is 3.55. The van der Waals surface area contributed by atoms with Crippen LogP contribution < -0.4 is 10.2 Å². The van der Waals surface area contributed by atoms with Gasteiger partial charge in [-0.15, -0.1) is 0 Å². The Hall–Kier alpha value is -2.53. The number of fused-ring (bicyclic) bond motifs is 1. The molecule has 0 radical (unpaired) electrons. The van der Waals surface area contributed by atoms with Crippen molar-refractivity contribution in [1.29, 1.82) is 0 Å². The molecule has 2 N–H and O–H groups in total. The normalized spacial score (nSPS) is 12.6. The van der Waals surface area contributed by atoms with Gasteiger partial charge in [0.05, 0.1) is 25.2 Å². The fraction of sp³-hybridized carbons (Fsp3) is 0.458. The summed E-state index contributed by atoms with van der Waals surface area (Å²) in [6.45, 7) is 12.6. The Morgan fingerprint density at radius 3 is 2.59 bits per heavy atom. The first-order chi connectivity index (χ1) is 14.0. The van der Waals surface area contributed by atoms with E-state index in [-0.39, 0.29) is 11.9 Å². The van der Waals surface area contributed by atoms with Crippen LogP contribution in [0.3, 0.4) is 0 Å². The van der Waals surface area contributed by atoms with Gasteiger partial charge >= 0.3 is 0 Å². The second kappa shape index (κ2) is 9.79. The highest BCUT2D eigenvalue weighted by molar-refractivity contribution is 5.97. The predicted octanol–water partition coefficient (Wildman–Crippen LogP) is 3.41. The number of aryl methyl sites for hydroxylation is 1. The van der Waals surface area contributed by atoms with Gasteiger partial charge in [0, 0.05) is 24.7 Å². The van der Waals surface area contributed by atoms with E-state index >= 15 is 0 Å². The molecule has 1 amide bonds. The molecule has 3 aromatic rings. The average molecular weight is 397 g/mol. The van der Waals surface area contributed by atoms with Crippen molar-refractivity contribution in [2.75, 3.05) is 19.6 Å². The van der Waals surface area contributed by atoms with Crippen molar-refractivity contribution in [3.8, 4) is 0 Å². The minimum atomic E-state index is -0.0346. The molecular weight excluding hydrogens is 362 g/mol. The molecule has 0 bridgehead atoms. The lowest BCUT2D eigenvalue weighted by Gasteiger charge is -2.18. The molecule has 1 aromatic carbocycles. The van der Waals surface area contributed by atoms with Gasteiger partial charge < -0.3 is 19.2 Å². The number of furan rings is 1. The van der Waals surface area contributed by atoms with E-state index in [1.807, 2.05) is 37.3 Å². The van der Waals surface area contributed by atoms with Crippen LogP contribution in [-0.2, 0) is 6.54 Å². The highest BCUT2D eigenvalue weighted by Crippen LogP contribution is 2.25. The standard InChI is InChI=1S/C24H33N3O2/c1-5-26(6-2)14-10-11-18(3)25-24(28)22-16-23-21(15-19(4)29-23)27(22)17-20-12-8-7-9-13-20/h7-9,12-13,15-16,18H,5-6,10-11,14,17H2,1-4H3,(H,25,28)/p+1/t18-/m1/s1. The van der Waals surface area contributed by atoms with Crippen LogP contribution in [0.5, 0.6) is 0 Å². The van der Waals surface area contributed by atoms with Crippen LogP contribution >= 0.6 is 0 Å². The van der Waals surface area contributed by atoms with E-state index in [9.17, 15) is 4.79 Å². The molecule has 0 saturated carbocycles. The minimum Gasteiger partial charge on any atom is -0.460 e. The molecule has 0 fully saturated rings. The summed E-state index contributed by atoms with van der Waals surface area (Å²) in [4.78, 5) is 14.7. The summed E-state index contributed by atoms with van der Waals surface area (Å²) in [7, 11) is 0. The molecule has 1 atom stereocenters. The minimum absolute atomic E-state index is 0.0346. The van der Waals surface area contributed by atoms with Crippen LogP contribution in [0.4, 0.5) is 0 Å². The third-order valence-corrected chi connectivity index (χ3v) is 5.67. The summed E-state index contributed by atoms with van der Waals surface area (Å²) >= 11 is 0. The van der Waals surface area contributed by atoms with E-state index in [1.54, 1.807) is 4.90 Å². The van der Waals surface area contributed by atoms with Gasteiger partial charge in [0.15, 0.2) is 5.58 Å². The van der Waals surface area contributed by atoms with E-state index in [4.69, 9.17) is 4.42 Å². The second-order valence-electron chi connectivity index (χ2n) is 7.93. The maximum atomic E-state index is 13.0. The van der Waals surface area contributed by atoms with Crippen molar-refractivity contribution >= 4 is 17.0 Å². The summed E-state index contributed by atoms with van der Waals surface area (Å²) in [6.07, 6.45) is 2.11. The zero-order valence-electron chi connectivity index (χ0n) is 18.1.